The zero-order valence-electron chi connectivity index (χ0n) is 13.6. The normalized spacial score (nSPS) is 23.7. The Labute approximate surface area is 131 Å². The second-order valence-corrected chi connectivity index (χ2v) is 6.06. The molecule has 7 nitrogen and oxygen atoms in total. The van der Waals surface area contributed by atoms with Crippen LogP contribution in [0.4, 0.5) is 4.79 Å². The third kappa shape index (κ3) is 2.65. The van der Waals surface area contributed by atoms with Crippen molar-refractivity contribution < 1.29 is 9.53 Å². The average Bonchev–Trinajstić information content (AvgIpc) is 2.88. The number of piperidine rings is 2. The molecule has 0 saturated carbocycles. The Morgan fingerprint density at radius 1 is 1.50 bits per heavy atom. The van der Waals surface area contributed by atoms with Crippen molar-refractivity contribution in [1.82, 2.24) is 25.3 Å². The van der Waals surface area contributed by atoms with Gasteiger partial charge in [-0.2, -0.15) is 5.10 Å². The Morgan fingerprint density at radius 3 is 2.86 bits per heavy atom. The van der Waals surface area contributed by atoms with E-state index >= 15 is 0 Å². The highest BCUT2D eigenvalue weighted by Gasteiger charge is 2.36. The van der Waals surface area contributed by atoms with Crippen LogP contribution in [-0.4, -0.2) is 53.0 Å². The Kier molecular flexibility index (Phi) is 4.24. The minimum absolute atomic E-state index is 0.0177. The molecular weight excluding hydrogens is 282 g/mol. The van der Waals surface area contributed by atoms with Gasteiger partial charge < -0.3 is 20.3 Å². The largest absolute Gasteiger partial charge is 0.481 e. The first-order valence-corrected chi connectivity index (χ1v) is 8.00. The maximum atomic E-state index is 12.5. The number of carbonyl (C=O) groups is 1. The Bertz CT molecular complexity index is 548. The summed E-state index contributed by atoms with van der Waals surface area (Å²) in [5, 5.41) is 10.9. The van der Waals surface area contributed by atoms with Gasteiger partial charge in [0.05, 0.1) is 24.9 Å². The van der Waals surface area contributed by atoms with E-state index in [1.165, 1.54) is 6.42 Å². The summed E-state index contributed by atoms with van der Waals surface area (Å²) in [6, 6.07) is 0.797. The highest BCUT2D eigenvalue weighted by molar-refractivity contribution is 5.75. The molecule has 7 heteroatoms. The van der Waals surface area contributed by atoms with Crippen molar-refractivity contribution in [3.05, 3.63) is 11.3 Å². The zero-order valence-corrected chi connectivity index (χ0v) is 13.6. The van der Waals surface area contributed by atoms with Gasteiger partial charge in [0.1, 0.15) is 0 Å². The van der Waals surface area contributed by atoms with Crippen molar-refractivity contribution in [1.29, 1.82) is 0 Å². The first kappa shape index (κ1) is 15.1. The molecule has 2 bridgehead atoms. The third-order valence-corrected chi connectivity index (χ3v) is 4.72. The standard InChI is InChI=1S/C15H25N5O2/c1-4-13-12(14(22-3)19(2)18-13)8-17-15(21)20-9-10-5-6-11(20)7-16-10/h10-11,16H,4-9H2,1-3H3,(H,17,21). The van der Waals surface area contributed by atoms with Crippen LogP contribution in [0.3, 0.4) is 0 Å². The van der Waals surface area contributed by atoms with E-state index in [1.54, 1.807) is 11.8 Å². The number of hydrogen-bond acceptors (Lipinski definition) is 4. The number of urea groups is 1. The molecule has 1 aromatic heterocycles. The van der Waals surface area contributed by atoms with Gasteiger partial charge in [0.2, 0.25) is 5.88 Å². The molecule has 2 N–H and O–H groups in total. The van der Waals surface area contributed by atoms with Crippen LogP contribution >= 0.6 is 0 Å². The molecule has 4 rings (SSSR count). The van der Waals surface area contributed by atoms with Gasteiger partial charge in [-0.15, -0.1) is 0 Å². The van der Waals surface area contributed by atoms with Crippen LogP contribution in [0.25, 0.3) is 0 Å². The maximum absolute atomic E-state index is 12.5. The molecule has 4 heterocycles. The van der Waals surface area contributed by atoms with Crippen LogP contribution in [0.15, 0.2) is 0 Å². The number of carbonyl (C=O) groups excluding carboxylic acids is 1. The second kappa shape index (κ2) is 6.16. The topological polar surface area (TPSA) is 71.4 Å². The number of nitrogens with one attached hydrogen (secondary N) is 2. The van der Waals surface area contributed by atoms with Gasteiger partial charge in [-0.05, 0) is 19.3 Å². The fourth-order valence-corrected chi connectivity index (χ4v) is 3.55. The van der Waals surface area contributed by atoms with Crippen molar-refractivity contribution in [3.63, 3.8) is 0 Å². The smallest absolute Gasteiger partial charge is 0.318 e. The van der Waals surface area contributed by atoms with E-state index < -0.39 is 0 Å². The minimum Gasteiger partial charge on any atom is -0.481 e. The Morgan fingerprint density at radius 2 is 2.32 bits per heavy atom. The highest BCUT2D eigenvalue weighted by Crippen LogP contribution is 2.24. The molecule has 3 fully saturated rings. The molecule has 0 aromatic carbocycles. The van der Waals surface area contributed by atoms with Crippen molar-refractivity contribution in [2.45, 2.75) is 44.8 Å². The van der Waals surface area contributed by atoms with Crippen molar-refractivity contribution in [3.8, 4) is 5.88 Å². The molecule has 122 valence electrons. The lowest BCUT2D eigenvalue weighted by Gasteiger charge is -2.45. The van der Waals surface area contributed by atoms with Gasteiger partial charge in [-0.3, -0.25) is 0 Å². The fourth-order valence-electron chi connectivity index (χ4n) is 3.55. The summed E-state index contributed by atoms with van der Waals surface area (Å²) < 4.78 is 7.14. The van der Waals surface area contributed by atoms with E-state index in [0.29, 0.717) is 18.6 Å². The molecule has 3 saturated heterocycles. The molecule has 0 aliphatic carbocycles. The first-order valence-electron chi connectivity index (χ1n) is 8.00. The molecule has 0 radical (unpaired) electrons. The van der Waals surface area contributed by atoms with Gasteiger partial charge in [0.25, 0.3) is 0 Å². The fraction of sp³-hybridized carbons (Fsp3) is 0.733. The SMILES string of the molecule is CCc1nn(C)c(OC)c1CNC(=O)N1CC2CCC1CN2. The number of hydrogen-bond donors (Lipinski definition) is 2. The lowest BCUT2D eigenvalue weighted by molar-refractivity contribution is 0.0976. The van der Waals surface area contributed by atoms with Crippen molar-refractivity contribution >= 4 is 6.03 Å². The van der Waals surface area contributed by atoms with Crippen molar-refractivity contribution in [2.24, 2.45) is 7.05 Å². The molecule has 2 atom stereocenters. The van der Waals surface area contributed by atoms with Crippen LogP contribution in [-0.2, 0) is 20.0 Å². The van der Waals surface area contributed by atoms with Gasteiger partial charge in [-0.25, -0.2) is 9.48 Å². The van der Waals surface area contributed by atoms with E-state index in [9.17, 15) is 4.79 Å². The predicted octanol–water partition coefficient (Wildman–Crippen LogP) is 0.637. The van der Waals surface area contributed by atoms with E-state index in [4.69, 9.17) is 4.74 Å². The summed E-state index contributed by atoms with van der Waals surface area (Å²) in [4.78, 5) is 14.5. The first-order chi connectivity index (χ1) is 10.6. The van der Waals surface area contributed by atoms with Gasteiger partial charge in [-0.1, -0.05) is 6.92 Å². The number of amides is 2. The van der Waals surface area contributed by atoms with Crippen LogP contribution in [0.2, 0.25) is 0 Å². The molecule has 1 aromatic rings. The van der Waals surface area contributed by atoms with Gasteiger partial charge in [0, 0.05) is 32.2 Å². The van der Waals surface area contributed by atoms with Crippen LogP contribution < -0.4 is 15.4 Å². The second-order valence-electron chi connectivity index (χ2n) is 6.06. The molecule has 2 amide bonds. The summed E-state index contributed by atoms with van der Waals surface area (Å²) in [5.74, 6) is 0.721. The quantitative estimate of drug-likeness (QED) is 0.856. The number of fused-ring (bicyclic) bond motifs is 3. The number of piperazine rings is 1. The molecule has 3 aliphatic rings. The number of aromatic nitrogens is 2. The highest BCUT2D eigenvalue weighted by atomic mass is 16.5. The van der Waals surface area contributed by atoms with E-state index in [0.717, 1.165) is 43.1 Å². The van der Waals surface area contributed by atoms with Gasteiger partial charge >= 0.3 is 6.03 Å². The summed E-state index contributed by atoms with van der Waals surface area (Å²) in [6.07, 6.45) is 3.09. The predicted molar refractivity (Wildman–Crippen MR) is 82.9 cm³/mol. The average molecular weight is 307 g/mol. The minimum atomic E-state index is 0.0177. The maximum Gasteiger partial charge on any atom is 0.318 e. The lowest BCUT2D eigenvalue weighted by atomic mass is 9.93. The summed E-state index contributed by atoms with van der Waals surface area (Å²) in [6.45, 7) is 4.23. The summed E-state index contributed by atoms with van der Waals surface area (Å²) >= 11 is 0. The molecule has 0 spiro atoms. The van der Waals surface area contributed by atoms with Crippen molar-refractivity contribution in [2.75, 3.05) is 20.2 Å². The number of nitrogens with zero attached hydrogens (tertiary/aromatic N) is 3. The third-order valence-electron chi connectivity index (χ3n) is 4.72. The Balaban J connectivity index is 1.66. The van der Waals surface area contributed by atoms with E-state index in [1.807, 2.05) is 11.9 Å². The van der Waals surface area contributed by atoms with E-state index in [-0.39, 0.29) is 6.03 Å². The molecule has 2 unspecified atom stereocenters. The summed E-state index contributed by atoms with van der Waals surface area (Å²) in [5.41, 5.74) is 1.95. The Hall–Kier alpha value is -1.76. The number of rotatable bonds is 4. The van der Waals surface area contributed by atoms with Crippen LogP contribution in [0.5, 0.6) is 5.88 Å². The molecular formula is C15H25N5O2. The molecule has 3 aliphatic heterocycles. The van der Waals surface area contributed by atoms with Crippen LogP contribution in [0, 0.1) is 0 Å². The summed E-state index contributed by atoms with van der Waals surface area (Å²) in [7, 11) is 3.50. The number of aryl methyl sites for hydroxylation is 2. The number of methoxy groups -OCH3 is 1. The lowest BCUT2D eigenvalue weighted by Crippen LogP contribution is -2.64. The zero-order chi connectivity index (χ0) is 15.7. The van der Waals surface area contributed by atoms with Gasteiger partial charge in [0.15, 0.2) is 0 Å². The number of ether oxygens (including phenoxy) is 1. The van der Waals surface area contributed by atoms with Crippen LogP contribution in [0.1, 0.15) is 31.0 Å². The van der Waals surface area contributed by atoms with E-state index in [2.05, 4.69) is 22.7 Å². The monoisotopic (exact) mass is 307 g/mol. The molecule has 22 heavy (non-hydrogen) atoms.